The Morgan fingerprint density at radius 2 is 1.56 bits per heavy atom. The van der Waals surface area contributed by atoms with Crippen LogP contribution in [0.4, 0.5) is 4.79 Å². The van der Waals surface area contributed by atoms with Crippen molar-refractivity contribution in [1.82, 2.24) is 5.32 Å². The number of hydrogen-bond acceptors (Lipinski definition) is 11. The van der Waals surface area contributed by atoms with Crippen LogP contribution < -0.4 is 29.0 Å². The van der Waals surface area contributed by atoms with E-state index in [0.717, 1.165) is 0 Å². The van der Waals surface area contributed by atoms with Gasteiger partial charge in [-0.1, -0.05) is 0 Å². The number of carbonyl (C=O) groups excluding carboxylic acids is 3. The summed E-state index contributed by atoms with van der Waals surface area (Å²) >= 11 is 0. The summed E-state index contributed by atoms with van der Waals surface area (Å²) in [7, 11) is 4.54. The molecular formula is C29H33NO11. The van der Waals surface area contributed by atoms with Gasteiger partial charge in [0, 0.05) is 17.4 Å². The molecule has 2 heterocycles. The summed E-state index contributed by atoms with van der Waals surface area (Å²) in [6, 6.07) is 7.15. The molecule has 41 heavy (non-hydrogen) atoms. The fourth-order valence-electron chi connectivity index (χ4n) is 5.59. The van der Waals surface area contributed by atoms with Crippen molar-refractivity contribution in [3.63, 3.8) is 0 Å². The van der Waals surface area contributed by atoms with Crippen LogP contribution in [0, 0.1) is 11.8 Å². The number of carbonyl (C=O) groups is 3. The first kappa shape index (κ1) is 28.2. The Kier molecular flexibility index (Phi) is 7.50. The standard InChI is InChI=1S/C29H33NO11/c1-29(2,3)41-28(33)30-11-22(31)40-25-16-10-19-18(38-13-39-19)9-15(16)23(24-17(25)12-37-27(24)32)14-7-20(34-4)26(36-6)21(8-14)35-5/h7-10,17,23-25H,11-13H2,1-6H3,(H,30,33)/t17-,23+,24-,25-/m0/s1. The molecule has 2 aromatic carbocycles. The largest absolute Gasteiger partial charge is 0.493 e. The van der Waals surface area contributed by atoms with E-state index in [1.165, 1.54) is 21.3 Å². The smallest absolute Gasteiger partial charge is 0.408 e. The van der Waals surface area contributed by atoms with Gasteiger partial charge in [0.1, 0.15) is 18.2 Å². The van der Waals surface area contributed by atoms with Crippen LogP contribution in [-0.4, -0.2) is 64.9 Å². The van der Waals surface area contributed by atoms with Crippen molar-refractivity contribution >= 4 is 18.0 Å². The number of esters is 2. The fourth-order valence-corrected chi connectivity index (χ4v) is 5.59. The van der Waals surface area contributed by atoms with Crippen LogP contribution in [0.5, 0.6) is 28.7 Å². The van der Waals surface area contributed by atoms with Crippen molar-refractivity contribution in [2.45, 2.75) is 38.4 Å². The Hall–Kier alpha value is -4.35. The van der Waals surface area contributed by atoms with Crippen LogP contribution in [0.25, 0.3) is 0 Å². The third-order valence-electron chi connectivity index (χ3n) is 7.20. The lowest BCUT2D eigenvalue weighted by Gasteiger charge is -2.38. The number of nitrogens with one attached hydrogen (secondary N) is 1. The summed E-state index contributed by atoms with van der Waals surface area (Å²) in [4.78, 5) is 38.3. The van der Waals surface area contributed by atoms with Gasteiger partial charge in [-0.3, -0.25) is 9.59 Å². The SMILES string of the molecule is COc1cc([C@@H]2c3cc4c(cc3[C@H](OC(=O)CNC(=O)OC(C)(C)C)[C@H]3COC(=O)[C@H]23)OCO4)cc(OC)c1OC. The third-order valence-corrected chi connectivity index (χ3v) is 7.20. The quantitative estimate of drug-likeness (QED) is 0.386. The molecule has 0 radical (unpaired) electrons. The maximum atomic E-state index is 13.3. The molecule has 2 aromatic rings. The van der Waals surface area contributed by atoms with Gasteiger partial charge in [-0.2, -0.15) is 0 Å². The third kappa shape index (κ3) is 5.38. The van der Waals surface area contributed by atoms with Crippen molar-refractivity contribution in [2.24, 2.45) is 11.8 Å². The lowest BCUT2D eigenvalue weighted by atomic mass is 9.66. The molecule has 0 spiro atoms. The first-order chi connectivity index (χ1) is 19.5. The molecule has 1 amide bonds. The molecule has 1 fully saturated rings. The second kappa shape index (κ2) is 10.9. The molecule has 1 aliphatic carbocycles. The minimum Gasteiger partial charge on any atom is -0.493 e. The van der Waals surface area contributed by atoms with Gasteiger partial charge in [0.2, 0.25) is 12.5 Å². The minimum absolute atomic E-state index is 0.0340. The predicted molar refractivity (Wildman–Crippen MR) is 142 cm³/mol. The van der Waals surface area contributed by atoms with Crippen LogP contribution in [0.3, 0.4) is 0 Å². The number of ether oxygens (including phenoxy) is 8. The highest BCUT2D eigenvalue weighted by molar-refractivity contribution is 5.81. The summed E-state index contributed by atoms with van der Waals surface area (Å²) < 4.78 is 44.6. The molecule has 0 bridgehead atoms. The number of rotatable bonds is 7. The number of fused-ring (bicyclic) bond motifs is 3. The topological polar surface area (TPSA) is 137 Å². The van der Waals surface area contributed by atoms with Crippen LogP contribution in [0.1, 0.15) is 49.5 Å². The summed E-state index contributed by atoms with van der Waals surface area (Å²) in [5, 5.41) is 2.42. The van der Waals surface area contributed by atoms with E-state index in [0.29, 0.717) is 45.4 Å². The Morgan fingerprint density at radius 3 is 2.15 bits per heavy atom. The van der Waals surface area contributed by atoms with E-state index in [4.69, 9.17) is 37.9 Å². The van der Waals surface area contributed by atoms with Gasteiger partial charge in [0.25, 0.3) is 0 Å². The molecule has 0 aromatic heterocycles. The van der Waals surface area contributed by atoms with Crippen molar-refractivity contribution in [2.75, 3.05) is 41.3 Å². The Balaban J connectivity index is 1.55. The van der Waals surface area contributed by atoms with Crippen LogP contribution in [0.15, 0.2) is 24.3 Å². The van der Waals surface area contributed by atoms with Gasteiger partial charge in [-0.15, -0.1) is 0 Å². The number of hydrogen-bond donors (Lipinski definition) is 1. The van der Waals surface area contributed by atoms with Gasteiger partial charge in [0.15, 0.2) is 23.0 Å². The summed E-state index contributed by atoms with van der Waals surface area (Å²) in [6.07, 6.45) is -1.61. The first-order valence-corrected chi connectivity index (χ1v) is 13.1. The summed E-state index contributed by atoms with van der Waals surface area (Å²) in [5.74, 6) is -0.626. The maximum absolute atomic E-state index is 13.3. The molecule has 3 aliphatic rings. The summed E-state index contributed by atoms with van der Waals surface area (Å²) in [6.45, 7) is 4.80. The van der Waals surface area contributed by atoms with E-state index in [1.54, 1.807) is 45.0 Å². The molecule has 12 heteroatoms. The zero-order valence-corrected chi connectivity index (χ0v) is 23.7. The van der Waals surface area contributed by atoms with Gasteiger partial charge in [-0.05, 0) is 56.2 Å². The van der Waals surface area contributed by atoms with Crippen LogP contribution in [-0.2, 0) is 23.8 Å². The second-order valence-corrected chi connectivity index (χ2v) is 10.9. The van der Waals surface area contributed by atoms with Gasteiger partial charge < -0.3 is 43.2 Å². The average Bonchev–Trinajstić information content (AvgIpc) is 3.55. The Labute approximate surface area is 237 Å². The number of alkyl carbamates (subject to hydrolysis) is 1. The highest BCUT2D eigenvalue weighted by Crippen LogP contribution is 2.56. The zero-order valence-electron chi connectivity index (χ0n) is 23.7. The molecule has 1 N–H and O–H groups in total. The number of methoxy groups -OCH3 is 3. The number of cyclic esters (lactones) is 1. The average molecular weight is 572 g/mol. The van der Waals surface area contributed by atoms with E-state index in [-0.39, 0.29) is 13.4 Å². The minimum atomic E-state index is -0.859. The van der Waals surface area contributed by atoms with Crippen molar-refractivity contribution < 1.29 is 52.3 Å². The lowest BCUT2D eigenvalue weighted by molar-refractivity contribution is -0.153. The maximum Gasteiger partial charge on any atom is 0.408 e. The highest BCUT2D eigenvalue weighted by Gasteiger charge is 2.54. The van der Waals surface area contributed by atoms with E-state index in [9.17, 15) is 14.4 Å². The lowest BCUT2D eigenvalue weighted by Crippen LogP contribution is -2.39. The molecule has 1 saturated heterocycles. The first-order valence-electron chi connectivity index (χ1n) is 13.1. The molecule has 5 rings (SSSR count). The summed E-state index contributed by atoms with van der Waals surface area (Å²) in [5.41, 5.74) is 1.32. The zero-order chi connectivity index (χ0) is 29.5. The molecule has 12 nitrogen and oxygen atoms in total. The molecule has 0 saturated carbocycles. The Morgan fingerprint density at radius 1 is 0.927 bits per heavy atom. The number of benzene rings is 2. The second-order valence-electron chi connectivity index (χ2n) is 10.9. The van der Waals surface area contributed by atoms with Gasteiger partial charge in [-0.25, -0.2) is 4.79 Å². The fraction of sp³-hybridized carbons (Fsp3) is 0.483. The highest BCUT2D eigenvalue weighted by atomic mass is 16.7. The Bertz CT molecular complexity index is 1340. The normalized spacial score (nSPS) is 22.1. The van der Waals surface area contributed by atoms with Crippen molar-refractivity contribution in [3.05, 3.63) is 41.0 Å². The van der Waals surface area contributed by atoms with E-state index in [1.807, 2.05) is 0 Å². The molecule has 4 atom stereocenters. The predicted octanol–water partition coefficient (Wildman–Crippen LogP) is 3.48. The van der Waals surface area contributed by atoms with E-state index < -0.39 is 54.0 Å². The van der Waals surface area contributed by atoms with Crippen molar-refractivity contribution in [1.29, 1.82) is 0 Å². The monoisotopic (exact) mass is 571 g/mol. The number of amides is 1. The van der Waals surface area contributed by atoms with Crippen LogP contribution in [0.2, 0.25) is 0 Å². The molecular weight excluding hydrogens is 538 g/mol. The molecule has 0 unspecified atom stereocenters. The molecule has 2 aliphatic heterocycles. The van der Waals surface area contributed by atoms with E-state index >= 15 is 0 Å². The van der Waals surface area contributed by atoms with Gasteiger partial charge >= 0.3 is 18.0 Å². The van der Waals surface area contributed by atoms with Crippen LogP contribution >= 0.6 is 0 Å². The molecule has 220 valence electrons. The van der Waals surface area contributed by atoms with E-state index in [2.05, 4.69) is 5.32 Å². The van der Waals surface area contributed by atoms with Crippen molar-refractivity contribution in [3.8, 4) is 28.7 Å². The van der Waals surface area contributed by atoms with Gasteiger partial charge in [0.05, 0.1) is 33.9 Å².